The van der Waals surface area contributed by atoms with Crippen LogP contribution in [0, 0.1) is 0 Å². The Balaban J connectivity index is 1.84. The van der Waals surface area contributed by atoms with Gasteiger partial charge in [0.2, 0.25) is 0 Å². The van der Waals surface area contributed by atoms with Crippen LogP contribution in [-0.2, 0) is 6.42 Å². The van der Waals surface area contributed by atoms with E-state index in [2.05, 4.69) is 83.6 Å². The topological polar surface area (TPSA) is 28.7 Å². The van der Waals surface area contributed by atoms with Crippen molar-refractivity contribution in [2.75, 3.05) is 0 Å². The van der Waals surface area contributed by atoms with E-state index in [9.17, 15) is 0 Å². The van der Waals surface area contributed by atoms with Gasteiger partial charge in [0, 0.05) is 23.2 Å². The maximum Gasteiger partial charge on any atom is 0.137 e. The van der Waals surface area contributed by atoms with Crippen molar-refractivity contribution in [2.24, 2.45) is 0 Å². The smallest absolute Gasteiger partial charge is 0.137 e. The van der Waals surface area contributed by atoms with Crippen LogP contribution in [0.5, 0.6) is 0 Å². The van der Waals surface area contributed by atoms with Gasteiger partial charge in [0.1, 0.15) is 5.65 Å². The monoisotopic (exact) mass is 312 g/mol. The molecule has 2 aromatic heterocycles. The van der Waals surface area contributed by atoms with Gasteiger partial charge in [-0.25, -0.2) is 4.98 Å². The lowest BCUT2D eigenvalue weighted by Crippen LogP contribution is -2.01. The highest BCUT2D eigenvalue weighted by Gasteiger charge is 2.18. The fraction of sp³-hybridized carbons (Fsp3) is 0.136. The number of nitrogens with one attached hydrogen (secondary N) is 1. The third-order valence-corrected chi connectivity index (χ3v) is 4.67. The molecule has 2 heterocycles. The summed E-state index contributed by atoms with van der Waals surface area (Å²) in [5.41, 5.74) is 6.22. The molecule has 0 saturated carbocycles. The second kappa shape index (κ2) is 6.32. The maximum atomic E-state index is 4.52. The minimum atomic E-state index is 0.305. The lowest BCUT2D eigenvalue weighted by molar-refractivity contribution is 0.868. The summed E-state index contributed by atoms with van der Waals surface area (Å²) in [6.07, 6.45) is 2.77. The second-order valence-electron chi connectivity index (χ2n) is 6.21. The number of H-pyrrole nitrogens is 1. The molecule has 0 aliphatic carbocycles. The normalized spacial score (nSPS) is 12.4. The van der Waals surface area contributed by atoms with Crippen LogP contribution in [0.25, 0.3) is 11.0 Å². The molecule has 2 aromatic carbocycles. The van der Waals surface area contributed by atoms with E-state index in [1.54, 1.807) is 0 Å². The van der Waals surface area contributed by atoms with Gasteiger partial charge in [-0.3, -0.25) is 0 Å². The highest BCUT2D eigenvalue weighted by Crippen LogP contribution is 2.32. The minimum absolute atomic E-state index is 0.305. The van der Waals surface area contributed by atoms with Crippen molar-refractivity contribution in [2.45, 2.75) is 19.3 Å². The van der Waals surface area contributed by atoms with Crippen LogP contribution in [0.1, 0.15) is 35.2 Å². The molecule has 1 atom stereocenters. The highest BCUT2D eigenvalue weighted by atomic mass is 14.9. The molecule has 0 radical (unpaired) electrons. The first kappa shape index (κ1) is 14.7. The summed E-state index contributed by atoms with van der Waals surface area (Å²) in [7, 11) is 0. The van der Waals surface area contributed by atoms with Crippen LogP contribution in [0.3, 0.4) is 0 Å². The average molecular weight is 312 g/mol. The van der Waals surface area contributed by atoms with E-state index in [0.29, 0.717) is 5.92 Å². The first-order valence-corrected chi connectivity index (χ1v) is 8.37. The number of hydrogen-bond donors (Lipinski definition) is 1. The van der Waals surface area contributed by atoms with Crippen molar-refractivity contribution < 1.29 is 0 Å². The molecule has 0 aliphatic rings. The van der Waals surface area contributed by atoms with E-state index in [1.807, 2.05) is 12.3 Å². The summed E-state index contributed by atoms with van der Waals surface area (Å²) in [6.45, 7) is 2.26. The van der Waals surface area contributed by atoms with E-state index in [1.165, 1.54) is 27.8 Å². The Bertz CT molecular complexity index is 940. The van der Waals surface area contributed by atoms with E-state index < -0.39 is 0 Å². The molecule has 1 N–H and O–H groups in total. The molecule has 24 heavy (non-hydrogen) atoms. The molecule has 0 amide bonds. The lowest BCUT2D eigenvalue weighted by Gasteiger charge is -2.13. The zero-order valence-electron chi connectivity index (χ0n) is 13.7. The van der Waals surface area contributed by atoms with Gasteiger partial charge in [0.25, 0.3) is 0 Å². The Morgan fingerprint density at radius 2 is 1.58 bits per heavy atom. The predicted molar refractivity (Wildman–Crippen MR) is 99.3 cm³/mol. The van der Waals surface area contributed by atoms with E-state index >= 15 is 0 Å². The van der Waals surface area contributed by atoms with Gasteiger partial charge in [-0.15, -0.1) is 0 Å². The number of hydrogen-bond acceptors (Lipinski definition) is 1. The first-order chi connectivity index (χ1) is 11.8. The molecule has 0 saturated heterocycles. The van der Waals surface area contributed by atoms with Crippen molar-refractivity contribution in [3.63, 3.8) is 0 Å². The van der Waals surface area contributed by atoms with Gasteiger partial charge in [-0.05, 0) is 35.2 Å². The summed E-state index contributed by atoms with van der Waals surface area (Å²) in [5, 5.41) is 1.22. The standard InChI is InChI=1S/C22H20N2/c1-16(18-11-6-3-7-12-18)21-20(15-17-9-4-2-5-10-17)19-13-8-14-23-22(19)24-21/h2-14,16H,15H2,1H3,(H,23,24). The number of pyridine rings is 1. The van der Waals surface area contributed by atoms with E-state index in [0.717, 1.165) is 12.1 Å². The summed E-state index contributed by atoms with van der Waals surface area (Å²) in [5.74, 6) is 0.305. The van der Waals surface area contributed by atoms with Gasteiger partial charge in [0.05, 0.1) is 0 Å². The van der Waals surface area contributed by atoms with E-state index in [-0.39, 0.29) is 0 Å². The number of fused-ring (bicyclic) bond motifs is 1. The van der Waals surface area contributed by atoms with Gasteiger partial charge < -0.3 is 4.98 Å². The highest BCUT2D eigenvalue weighted by molar-refractivity contribution is 5.82. The van der Waals surface area contributed by atoms with Crippen molar-refractivity contribution in [1.82, 2.24) is 9.97 Å². The van der Waals surface area contributed by atoms with Crippen molar-refractivity contribution in [1.29, 1.82) is 0 Å². The quantitative estimate of drug-likeness (QED) is 0.544. The summed E-state index contributed by atoms with van der Waals surface area (Å²) in [6, 6.07) is 25.5. The van der Waals surface area contributed by atoms with Crippen molar-refractivity contribution in [3.05, 3.63) is 101 Å². The fourth-order valence-electron chi connectivity index (χ4n) is 3.36. The Morgan fingerprint density at radius 3 is 2.33 bits per heavy atom. The summed E-state index contributed by atoms with van der Waals surface area (Å²) < 4.78 is 0. The second-order valence-corrected chi connectivity index (χ2v) is 6.21. The van der Waals surface area contributed by atoms with Crippen molar-refractivity contribution >= 4 is 11.0 Å². The fourth-order valence-corrected chi connectivity index (χ4v) is 3.36. The Labute approximate surface area is 142 Å². The molecule has 0 bridgehead atoms. The third kappa shape index (κ3) is 2.71. The number of nitrogens with zero attached hydrogens (tertiary/aromatic N) is 1. The van der Waals surface area contributed by atoms with Crippen LogP contribution in [-0.4, -0.2) is 9.97 Å². The molecule has 1 unspecified atom stereocenters. The van der Waals surface area contributed by atoms with Crippen LogP contribution < -0.4 is 0 Å². The third-order valence-electron chi connectivity index (χ3n) is 4.67. The zero-order valence-corrected chi connectivity index (χ0v) is 13.7. The molecule has 2 nitrogen and oxygen atoms in total. The molecular formula is C22H20N2. The maximum absolute atomic E-state index is 4.52. The van der Waals surface area contributed by atoms with Crippen LogP contribution in [0.15, 0.2) is 79.0 Å². The first-order valence-electron chi connectivity index (χ1n) is 8.37. The number of rotatable bonds is 4. The lowest BCUT2D eigenvalue weighted by atomic mass is 9.92. The Hall–Kier alpha value is -2.87. The number of aromatic nitrogens is 2. The molecule has 4 rings (SSSR count). The van der Waals surface area contributed by atoms with E-state index in [4.69, 9.17) is 0 Å². The summed E-state index contributed by atoms with van der Waals surface area (Å²) >= 11 is 0. The van der Waals surface area contributed by atoms with Crippen molar-refractivity contribution in [3.8, 4) is 0 Å². The van der Waals surface area contributed by atoms with Gasteiger partial charge in [-0.1, -0.05) is 67.6 Å². The number of aromatic amines is 1. The SMILES string of the molecule is CC(c1ccccc1)c1[nH]c2ncccc2c1Cc1ccccc1. The van der Waals surface area contributed by atoms with Gasteiger partial charge >= 0.3 is 0 Å². The van der Waals surface area contributed by atoms with Gasteiger partial charge in [0.15, 0.2) is 0 Å². The molecule has 0 spiro atoms. The Kier molecular flexibility index (Phi) is 3.87. The molecule has 4 aromatic rings. The molecule has 0 fully saturated rings. The zero-order chi connectivity index (χ0) is 16.4. The molecule has 2 heteroatoms. The molecule has 118 valence electrons. The van der Waals surface area contributed by atoms with Crippen LogP contribution in [0.4, 0.5) is 0 Å². The average Bonchev–Trinajstić information content (AvgIpc) is 3.01. The van der Waals surface area contributed by atoms with Gasteiger partial charge in [-0.2, -0.15) is 0 Å². The van der Waals surface area contributed by atoms with Crippen LogP contribution in [0.2, 0.25) is 0 Å². The number of benzene rings is 2. The molecular weight excluding hydrogens is 292 g/mol. The predicted octanol–water partition coefficient (Wildman–Crippen LogP) is 5.31. The largest absolute Gasteiger partial charge is 0.342 e. The Morgan fingerprint density at radius 1 is 0.875 bits per heavy atom. The van der Waals surface area contributed by atoms with Crippen LogP contribution >= 0.6 is 0 Å². The molecule has 0 aliphatic heterocycles. The summed E-state index contributed by atoms with van der Waals surface area (Å²) in [4.78, 5) is 8.10. The minimum Gasteiger partial charge on any atom is -0.342 e.